The van der Waals surface area contributed by atoms with Gasteiger partial charge < -0.3 is 24.6 Å². The third-order valence-electron chi connectivity index (χ3n) is 5.30. The van der Waals surface area contributed by atoms with Crippen molar-refractivity contribution in [2.45, 2.75) is 13.0 Å². The Morgan fingerprint density at radius 2 is 1.95 bits per heavy atom. The fourth-order valence-electron chi connectivity index (χ4n) is 3.64. The number of primary amides is 1. The second kappa shape index (κ2) is 10.0. The van der Waals surface area contributed by atoms with E-state index in [2.05, 4.69) is 10.3 Å². The Labute approximate surface area is 214 Å². The maximum atomic E-state index is 13.8. The number of alkyl halides is 2. The number of anilines is 1. The van der Waals surface area contributed by atoms with Gasteiger partial charge in [0, 0.05) is 17.0 Å². The molecule has 4 aromatic heterocycles. The van der Waals surface area contributed by atoms with Gasteiger partial charge in [-0.25, -0.2) is 22.5 Å². The molecule has 38 heavy (non-hydrogen) atoms. The molecular weight excluding hydrogens is 530 g/mol. The van der Waals surface area contributed by atoms with Crippen molar-refractivity contribution in [3.05, 3.63) is 88.5 Å². The number of nitrogens with two attached hydrogens (primary N) is 1. The molecule has 0 radical (unpaired) electrons. The first-order valence-corrected chi connectivity index (χ1v) is 11.6. The second-order valence-electron chi connectivity index (χ2n) is 7.81. The quantitative estimate of drug-likeness (QED) is 0.221. The van der Waals surface area contributed by atoms with Crippen molar-refractivity contribution in [3.8, 4) is 17.1 Å². The summed E-state index contributed by atoms with van der Waals surface area (Å²) in [7, 11) is 0. The minimum absolute atomic E-state index is 0.0353. The van der Waals surface area contributed by atoms with Gasteiger partial charge in [-0.2, -0.15) is 0 Å². The summed E-state index contributed by atoms with van der Waals surface area (Å²) in [6.07, 6.45) is -1.56. The number of nitrogens with one attached hydrogen (secondary N) is 1. The van der Waals surface area contributed by atoms with Crippen molar-refractivity contribution in [1.29, 1.82) is 0 Å². The van der Waals surface area contributed by atoms with Crippen LogP contribution in [0.25, 0.3) is 21.5 Å². The molecule has 0 spiro atoms. The molecule has 5 aromatic rings. The number of thiophene rings is 1. The number of amides is 2. The molecule has 2 amide bonds. The van der Waals surface area contributed by atoms with E-state index in [4.69, 9.17) is 19.3 Å². The summed E-state index contributed by atoms with van der Waals surface area (Å²) in [5.41, 5.74) is 5.08. The first kappa shape index (κ1) is 25.0. The number of aromatic nitrogens is 1. The van der Waals surface area contributed by atoms with E-state index < -0.39 is 35.6 Å². The van der Waals surface area contributed by atoms with Crippen molar-refractivity contribution in [3.63, 3.8) is 0 Å². The van der Waals surface area contributed by atoms with Crippen LogP contribution in [0.4, 0.5) is 23.2 Å². The number of hydrogen-bond donors (Lipinski definition) is 2. The number of carbonyl (C=O) groups is 2. The second-order valence-corrected chi connectivity index (χ2v) is 8.81. The highest BCUT2D eigenvalue weighted by atomic mass is 32.1. The van der Waals surface area contributed by atoms with Crippen LogP contribution in [0.5, 0.6) is 5.75 Å². The van der Waals surface area contributed by atoms with Crippen LogP contribution in [0.1, 0.15) is 38.1 Å². The van der Waals surface area contributed by atoms with E-state index in [1.807, 2.05) is 0 Å². The number of ether oxygens (including phenoxy) is 1. The average molecular weight is 545 g/mol. The van der Waals surface area contributed by atoms with Gasteiger partial charge in [-0.05, 0) is 42.5 Å². The maximum absolute atomic E-state index is 13.8. The number of nitrogens with zero attached hydrogens (tertiary/aromatic N) is 1. The first-order valence-electron chi connectivity index (χ1n) is 10.8. The van der Waals surface area contributed by atoms with Crippen LogP contribution < -0.4 is 15.8 Å². The number of rotatable bonds is 8. The number of carbonyl (C=O) groups excluding carboxylic acids is 2. The Kier molecular flexibility index (Phi) is 6.59. The maximum Gasteiger partial charge on any atom is 0.291 e. The van der Waals surface area contributed by atoms with Crippen LogP contribution in [0, 0.1) is 11.6 Å². The lowest BCUT2D eigenvalue weighted by Gasteiger charge is -2.09. The standard InChI is InChI=1S/C25H15F4N3O5S/c26-11-3-5-17(14(27)8-11)36-10-12-4-6-18(37-12)24(34)32-20-19-13(16-2-1-7-35-16)9-15(22(28)29)31-25(19)38-21(20)23(30)33/h1-9,22H,10H2,(H2,30,33)(H,32,34). The van der Waals surface area contributed by atoms with Crippen molar-refractivity contribution < 1.29 is 40.7 Å². The van der Waals surface area contributed by atoms with Gasteiger partial charge >= 0.3 is 0 Å². The van der Waals surface area contributed by atoms with Gasteiger partial charge in [-0.15, -0.1) is 11.3 Å². The summed E-state index contributed by atoms with van der Waals surface area (Å²) < 4.78 is 70.0. The molecule has 3 N–H and O–H groups in total. The summed E-state index contributed by atoms with van der Waals surface area (Å²) >= 11 is 0.737. The SMILES string of the molecule is NC(=O)c1sc2nc(C(F)F)cc(-c3ccco3)c2c1NC(=O)c1ccc(COc2ccc(F)cc2F)o1. The third-order valence-corrected chi connectivity index (χ3v) is 6.40. The Hall–Kier alpha value is -4.65. The lowest BCUT2D eigenvalue weighted by Crippen LogP contribution is -2.16. The molecule has 0 saturated carbocycles. The van der Waals surface area contributed by atoms with E-state index in [-0.39, 0.29) is 56.0 Å². The smallest absolute Gasteiger partial charge is 0.291 e. The Bertz CT molecular complexity index is 1660. The Balaban J connectivity index is 1.46. The van der Waals surface area contributed by atoms with Gasteiger partial charge in [0.15, 0.2) is 17.3 Å². The molecule has 0 unspecified atom stereocenters. The molecule has 0 bridgehead atoms. The Morgan fingerprint density at radius 1 is 1.13 bits per heavy atom. The van der Waals surface area contributed by atoms with Gasteiger partial charge in [0.1, 0.15) is 39.3 Å². The highest BCUT2D eigenvalue weighted by molar-refractivity contribution is 7.21. The summed E-state index contributed by atoms with van der Waals surface area (Å²) in [5.74, 6) is -3.46. The zero-order chi connectivity index (χ0) is 27.0. The first-order chi connectivity index (χ1) is 18.2. The van der Waals surface area contributed by atoms with E-state index in [9.17, 15) is 27.2 Å². The summed E-state index contributed by atoms with van der Waals surface area (Å²) in [5, 5.41) is 2.73. The molecule has 0 aliphatic rings. The van der Waals surface area contributed by atoms with Crippen LogP contribution in [0.15, 0.2) is 63.6 Å². The molecule has 1 aromatic carbocycles. The summed E-state index contributed by atoms with van der Waals surface area (Å²) in [6.45, 7) is -0.271. The number of furan rings is 2. The van der Waals surface area contributed by atoms with Crippen LogP contribution in [0.3, 0.4) is 0 Å². The zero-order valence-electron chi connectivity index (χ0n) is 19.0. The number of pyridine rings is 1. The topological polar surface area (TPSA) is 121 Å². The highest BCUT2D eigenvalue weighted by Gasteiger charge is 2.26. The largest absolute Gasteiger partial charge is 0.483 e. The highest BCUT2D eigenvalue weighted by Crippen LogP contribution is 2.42. The molecule has 8 nitrogen and oxygen atoms in total. The molecule has 0 fully saturated rings. The van der Waals surface area contributed by atoms with E-state index in [1.165, 1.54) is 24.5 Å². The van der Waals surface area contributed by atoms with Crippen LogP contribution >= 0.6 is 11.3 Å². The van der Waals surface area contributed by atoms with Crippen LogP contribution in [-0.4, -0.2) is 16.8 Å². The van der Waals surface area contributed by atoms with Gasteiger partial charge in [0.2, 0.25) is 0 Å². The Morgan fingerprint density at radius 3 is 2.63 bits per heavy atom. The normalized spacial score (nSPS) is 11.3. The van der Waals surface area contributed by atoms with Gasteiger partial charge in [0.25, 0.3) is 18.2 Å². The molecule has 0 saturated heterocycles. The summed E-state index contributed by atoms with van der Waals surface area (Å²) in [4.78, 5) is 29.1. The summed E-state index contributed by atoms with van der Waals surface area (Å²) in [6, 6.07) is 9.70. The fourth-order valence-corrected chi connectivity index (χ4v) is 4.66. The predicted octanol–water partition coefficient (Wildman–Crippen LogP) is 6.30. The molecular formula is C25H15F4N3O5S. The minimum Gasteiger partial charge on any atom is -0.483 e. The number of hydrogen-bond acceptors (Lipinski definition) is 7. The van der Waals surface area contributed by atoms with E-state index in [0.29, 0.717) is 6.07 Å². The van der Waals surface area contributed by atoms with E-state index in [0.717, 1.165) is 29.5 Å². The fraction of sp³-hybridized carbons (Fsp3) is 0.0800. The number of fused-ring (bicyclic) bond motifs is 1. The van der Waals surface area contributed by atoms with Crippen molar-refractivity contribution in [2.75, 3.05) is 5.32 Å². The number of halogens is 4. The average Bonchev–Trinajstić information content (AvgIpc) is 3.63. The molecule has 5 rings (SSSR count). The minimum atomic E-state index is -2.91. The monoisotopic (exact) mass is 545 g/mol. The third kappa shape index (κ3) is 4.83. The van der Waals surface area contributed by atoms with E-state index >= 15 is 0 Å². The van der Waals surface area contributed by atoms with Crippen molar-refractivity contribution in [2.24, 2.45) is 5.73 Å². The van der Waals surface area contributed by atoms with Crippen molar-refractivity contribution in [1.82, 2.24) is 4.98 Å². The van der Waals surface area contributed by atoms with E-state index in [1.54, 1.807) is 6.07 Å². The molecule has 0 aliphatic carbocycles. The van der Waals surface area contributed by atoms with Crippen LogP contribution in [-0.2, 0) is 6.61 Å². The molecule has 0 atom stereocenters. The van der Waals surface area contributed by atoms with Gasteiger partial charge in [-0.1, -0.05) is 0 Å². The van der Waals surface area contributed by atoms with Gasteiger partial charge in [0.05, 0.1) is 12.0 Å². The zero-order valence-corrected chi connectivity index (χ0v) is 19.8. The molecule has 194 valence electrons. The molecule has 4 heterocycles. The van der Waals surface area contributed by atoms with Crippen LogP contribution in [0.2, 0.25) is 0 Å². The lowest BCUT2D eigenvalue weighted by molar-refractivity contribution is 0.0992. The van der Waals surface area contributed by atoms with Gasteiger partial charge in [-0.3, -0.25) is 9.59 Å². The lowest BCUT2D eigenvalue weighted by atomic mass is 10.1. The molecule has 0 aliphatic heterocycles. The molecule has 13 heteroatoms. The van der Waals surface area contributed by atoms with Crippen molar-refractivity contribution >= 4 is 39.1 Å². The predicted molar refractivity (Wildman–Crippen MR) is 128 cm³/mol. The number of benzene rings is 1.